The van der Waals surface area contributed by atoms with E-state index in [2.05, 4.69) is 42.2 Å². The number of hydrogen-bond acceptors (Lipinski definition) is 3. The van der Waals surface area contributed by atoms with Gasteiger partial charge >= 0.3 is 0 Å². The Morgan fingerprint density at radius 1 is 1.24 bits per heavy atom. The molecule has 0 amide bonds. The summed E-state index contributed by atoms with van der Waals surface area (Å²) < 4.78 is 14.9. The smallest absolute Gasteiger partial charge is 0.147 e. The molecule has 1 aromatic carbocycles. The van der Waals surface area contributed by atoms with Crippen LogP contribution in [0.5, 0.6) is 0 Å². The number of rotatable bonds is 2. The number of para-hydroxylation sites is 1. The maximum absolute atomic E-state index is 13.6. The molecule has 0 aliphatic rings. The molecule has 0 atom stereocenters. The lowest BCUT2D eigenvalue weighted by atomic mass is 10.3. The van der Waals surface area contributed by atoms with Crippen LogP contribution < -0.4 is 11.1 Å². The van der Waals surface area contributed by atoms with Crippen LogP contribution in [-0.2, 0) is 0 Å². The summed E-state index contributed by atoms with van der Waals surface area (Å²) in [4.78, 5) is 4.08. The van der Waals surface area contributed by atoms with Crippen molar-refractivity contribution in [2.75, 3.05) is 11.1 Å². The quantitative estimate of drug-likeness (QED) is 0.848. The third kappa shape index (κ3) is 2.76. The molecule has 0 spiro atoms. The molecule has 1 aromatic heterocycles. The van der Waals surface area contributed by atoms with Gasteiger partial charge in [-0.05, 0) is 50.1 Å². The van der Waals surface area contributed by atoms with Gasteiger partial charge in [0.05, 0.1) is 22.0 Å². The standard InChI is InChI=1S/C11H8Br2FN3/c12-7-2-1-3-9(14)10(7)17-11-8(13)4-6(15)5-16-11/h1-5H,15H2,(H,16,17). The predicted octanol–water partition coefficient (Wildman–Crippen LogP) is 4.07. The van der Waals surface area contributed by atoms with Gasteiger partial charge in [-0.15, -0.1) is 0 Å². The van der Waals surface area contributed by atoms with Crippen molar-refractivity contribution in [3.8, 4) is 0 Å². The second kappa shape index (κ2) is 5.01. The van der Waals surface area contributed by atoms with E-state index in [0.717, 1.165) is 0 Å². The van der Waals surface area contributed by atoms with Crippen LogP contribution in [0.2, 0.25) is 0 Å². The molecule has 0 bridgehead atoms. The molecule has 0 saturated carbocycles. The van der Waals surface area contributed by atoms with Crippen molar-refractivity contribution in [3.63, 3.8) is 0 Å². The Hall–Kier alpha value is -1.14. The number of nitrogens with zero attached hydrogens (tertiary/aromatic N) is 1. The summed E-state index contributed by atoms with van der Waals surface area (Å²) in [6.45, 7) is 0. The van der Waals surface area contributed by atoms with E-state index in [-0.39, 0.29) is 5.82 Å². The molecule has 2 rings (SSSR count). The van der Waals surface area contributed by atoms with E-state index in [0.29, 0.717) is 26.1 Å². The second-order valence-electron chi connectivity index (χ2n) is 3.32. The van der Waals surface area contributed by atoms with Crippen LogP contribution in [-0.4, -0.2) is 4.98 Å². The van der Waals surface area contributed by atoms with Crippen molar-refractivity contribution in [1.29, 1.82) is 0 Å². The third-order valence-electron chi connectivity index (χ3n) is 2.07. The number of nitrogens with one attached hydrogen (secondary N) is 1. The van der Waals surface area contributed by atoms with Crippen LogP contribution >= 0.6 is 31.9 Å². The van der Waals surface area contributed by atoms with Crippen molar-refractivity contribution in [1.82, 2.24) is 4.98 Å². The second-order valence-corrected chi connectivity index (χ2v) is 5.03. The van der Waals surface area contributed by atoms with Gasteiger partial charge < -0.3 is 11.1 Å². The molecule has 3 nitrogen and oxygen atoms in total. The van der Waals surface area contributed by atoms with Crippen molar-refractivity contribution in [3.05, 3.63) is 45.2 Å². The SMILES string of the molecule is Nc1cnc(Nc2c(F)cccc2Br)c(Br)c1. The molecule has 1 heterocycles. The first kappa shape index (κ1) is 12.3. The van der Waals surface area contributed by atoms with Gasteiger partial charge in [0.2, 0.25) is 0 Å². The summed E-state index contributed by atoms with van der Waals surface area (Å²) in [5.41, 5.74) is 6.45. The number of anilines is 3. The molecule has 0 aliphatic heterocycles. The Kier molecular flexibility index (Phi) is 3.63. The highest BCUT2D eigenvalue weighted by molar-refractivity contribution is 9.11. The van der Waals surface area contributed by atoms with E-state index in [9.17, 15) is 4.39 Å². The van der Waals surface area contributed by atoms with Crippen LogP contribution in [0.4, 0.5) is 21.6 Å². The minimum Gasteiger partial charge on any atom is -0.397 e. The first-order valence-corrected chi connectivity index (χ1v) is 6.28. The molecule has 0 fully saturated rings. The highest BCUT2D eigenvalue weighted by Gasteiger charge is 2.09. The Bertz CT molecular complexity index is 540. The number of pyridine rings is 1. The minimum atomic E-state index is -0.357. The maximum atomic E-state index is 13.6. The van der Waals surface area contributed by atoms with Gasteiger partial charge in [0, 0.05) is 4.47 Å². The molecule has 6 heteroatoms. The topological polar surface area (TPSA) is 50.9 Å². The van der Waals surface area contributed by atoms with Crippen LogP contribution in [0, 0.1) is 5.82 Å². The van der Waals surface area contributed by atoms with E-state index in [1.807, 2.05) is 0 Å². The fourth-order valence-corrected chi connectivity index (χ4v) is 2.19. The van der Waals surface area contributed by atoms with Gasteiger partial charge in [-0.3, -0.25) is 0 Å². The first-order chi connectivity index (χ1) is 8.08. The van der Waals surface area contributed by atoms with Crippen molar-refractivity contribution < 1.29 is 4.39 Å². The van der Waals surface area contributed by atoms with Crippen molar-refractivity contribution in [2.45, 2.75) is 0 Å². The van der Waals surface area contributed by atoms with E-state index in [1.54, 1.807) is 18.2 Å². The number of hydrogen-bond donors (Lipinski definition) is 2. The fraction of sp³-hybridized carbons (Fsp3) is 0. The summed E-state index contributed by atoms with van der Waals surface area (Å²) in [6.07, 6.45) is 1.50. The van der Waals surface area contributed by atoms with Gasteiger partial charge in [0.1, 0.15) is 11.6 Å². The molecule has 17 heavy (non-hydrogen) atoms. The van der Waals surface area contributed by atoms with E-state index in [4.69, 9.17) is 5.73 Å². The molecular formula is C11H8Br2FN3. The van der Waals surface area contributed by atoms with Crippen LogP contribution in [0.25, 0.3) is 0 Å². The average molecular weight is 361 g/mol. The summed E-state index contributed by atoms with van der Waals surface area (Å²) in [7, 11) is 0. The molecule has 0 unspecified atom stereocenters. The van der Waals surface area contributed by atoms with Crippen LogP contribution in [0.3, 0.4) is 0 Å². The maximum Gasteiger partial charge on any atom is 0.147 e. The predicted molar refractivity (Wildman–Crippen MR) is 73.7 cm³/mol. The van der Waals surface area contributed by atoms with Gasteiger partial charge in [-0.2, -0.15) is 0 Å². The van der Waals surface area contributed by atoms with Gasteiger partial charge in [-0.1, -0.05) is 6.07 Å². The molecule has 88 valence electrons. The number of nitrogens with two attached hydrogens (primary N) is 1. The van der Waals surface area contributed by atoms with Crippen molar-refractivity contribution >= 4 is 49.1 Å². The zero-order valence-electron chi connectivity index (χ0n) is 8.55. The van der Waals surface area contributed by atoms with E-state index in [1.165, 1.54) is 12.3 Å². The summed E-state index contributed by atoms with van der Waals surface area (Å²) in [5.74, 6) is 0.148. The number of halogens is 3. The van der Waals surface area contributed by atoms with Crippen LogP contribution in [0.1, 0.15) is 0 Å². The Labute approximate surface area is 114 Å². The van der Waals surface area contributed by atoms with Gasteiger partial charge in [0.25, 0.3) is 0 Å². The monoisotopic (exact) mass is 359 g/mol. The largest absolute Gasteiger partial charge is 0.397 e. The zero-order valence-corrected chi connectivity index (χ0v) is 11.7. The lowest BCUT2D eigenvalue weighted by molar-refractivity contribution is 0.631. The minimum absolute atomic E-state index is 0.338. The molecule has 0 radical (unpaired) electrons. The molecule has 3 N–H and O–H groups in total. The summed E-state index contributed by atoms with van der Waals surface area (Å²) >= 11 is 6.58. The third-order valence-corrected chi connectivity index (χ3v) is 3.33. The number of benzene rings is 1. The molecular weight excluding hydrogens is 353 g/mol. The lowest BCUT2D eigenvalue weighted by Gasteiger charge is -2.10. The normalized spacial score (nSPS) is 10.3. The van der Waals surface area contributed by atoms with Gasteiger partial charge in [-0.25, -0.2) is 9.37 Å². The average Bonchev–Trinajstić information content (AvgIpc) is 2.26. The molecule has 0 saturated heterocycles. The highest BCUT2D eigenvalue weighted by Crippen LogP contribution is 2.31. The van der Waals surface area contributed by atoms with E-state index >= 15 is 0 Å². The Morgan fingerprint density at radius 2 is 2.00 bits per heavy atom. The first-order valence-electron chi connectivity index (χ1n) is 4.70. The van der Waals surface area contributed by atoms with E-state index < -0.39 is 0 Å². The Balaban J connectivity index is 2.38. The van der Waals surface area contributed by atoms with Crippen molar-refractivity contribution in [2.24, 2.45) is 0 Å². The Morgan fingerprint density at radius 3 is 2.65 bits per heavy atom. The zero-order chi connectivity index (χ0) is 12.4. The molecule has 2 aromatic rings. The number of nitrogen functional groups attached to an aromatic ring is 1. The highest BCUT2D eigenvalue weighted by atomic mass is 79.9. The summed E-state index contributed by atoms with van der Waals surface area (Å²) in [6, 6.07) is 6.44. The van der Waals surface area contributed by atoms with Crippen LogP contribution in [0.15, 0.2) is 39.4 Å². The molecule has 0 aliphatic carbocycles. The lowest BCUT2D eigenvalue weighted by Crippen LogP contribution is -1.99. The fourth-order valence-electron chi connectivity index (χ4n) is 1.28. The summed E-state index contributed by atoms with van der Waals surface area (Å²) in [5, 5.41) is 2.90. The van der Waals surface area contributed by atoms with Gasteiger partial charge in [0.15, 0.2) is 0 Å². The number of aromatic nitrogens is 1.